The number of halogens is 1. The highest BCUT2D eigenvalue weighted by Gasteiger charge is 2.21. The van der Waals surface area contributed by atoms with Gasteiger partial charge in [0.25, 0.3) is 0 Å². The molecular weight excluding hydrogens is 481 g/mol. The lowest BCUT2D eigenvalue weighted by molar-refractivity contribution is -0.125. The Morgan fingerprint density at radius 2 is 1.53 bits per heavy atom. The molecular formula is C31H30FN3O3. The summed E-state index contributed by atoms with van der Waals surface area (Å²) in [7, 11) is 0. The number of hydrogen-bond donors (Lipinski definition) is 2. The van der Waals surface area contributed by atoms with Gasteiger partial charge in [0, 0.05) is 31.5 Å². The summed E-state index contributed by atoms with van der Waals surface area (Å²) >= 11 is 0. The van der Waals surface area contributed by atoms with E-state index >= 15 is 0 Å². The number of benzene rings is 4. The summed E-state index contributed by atoms with van der Waals surface area (Å²) < 4.78 is 20.0. The fraction of sp³-hybridized carbons (Fsp3) is 0.161. The molecule has 7 heteroatoms. The third-order valence-electron chi connectivity index (χ3n) is 6.00. The molecule has 6 nitrogen and oxygen atoms in total. The van der Waals surface area contributed by atoms with Gasteiger partial charge in [-0.3, -0.25) is 9.59 Å². The summed E-state index contributed by atoms with van der Waals surface area (Å²) in [5.74, 6) is 0.174. The number of anilines is 1. The molecule has 0 radical (unpaired) electrons. The van der Waals surface area contributed by atoms with Crippen LogP contribution in [0.5, 0.6) is 11.5 Å². The zero-order chi connectivity index (χ0) is 26.7. The largest absolute Gasteiger partial charge is 0.455 e. The number of hydrogen-bond acceptors (Lipinski definition) is 4. The lowest BCUT2D eigenvalue weighted by Gasteiger charge is -2.25. The minimum absolute atomic E-state index is 0.0209. The highest BCUT2D eigenvalue weighted by molar-refractivity contribution is 5.96. The quantitative estimate of drug-likeness (QED) is 0.270. The first-order chi connectivity index (χ1) is 18.5. The van der Waals surface area contributed by atoms with E-state index in [0.717, 1.165) is 11.1 Å². The molecule has 4 rings (SSSR count). The van der Waals surface area contributed by atoms with Crippen LogP contribution in [0.2, 0.25) is 0 Å². The standard InChI is InChI=1S/C31H30FN3O3/c32-27-14-5-4-12-25(27)21-34-30(36)17-18-31(37)35(22-23-9-2-1-3-10-23)28-15-6-7-16-29(28)38-26-13-8-11-24(19-26)20-33/h1-16,19H,17-18,20-22,33H2,(H,34,36). The molecule has 0 spiro atoms. The van der Waals surface area contributed by atoms with Crippen molar-refractivity contribution < 1.29 is 18.7 Å². The lowest BCUT2D eigenvalue weighted by atomic mass is 10.1. The first-order valence-electron chi connectivity index (χ1n) is 12.4. The van der Waals surface area contributed by atoms with E-state index in [9.17, 15) is 14.0 Å². The van der Waals surface area contributed by atoms with Gasteiger partial charge in [0.2, 0.25) is 11.8 Å². The molecule has 2 amide bonds. The molecule has 0 saturated heterocycles. The number of para-hydroxylation sites is 2. The Bertz CT molecular complexity index is 1380. The molecule has 0 aliphatic carbocycles. The first-order valence-corrected chi connectivity index (χ1v) is 12.4. The Balaban J connectivity index is 1.50. The van der Waals surface area contributed by atoms with Gasteiger partial charge in [-0.1, -0.05) is 72.8 Å². The Morgan fingerprint density at radius 3 is 2.32 bits per heavy atom. The molecule has 0 aromatic heterocycles. The average Bonchev–Trinajstić information content (AvgIpc) is 2.95. The van der Waals surface area contributed by atoms with Crippen LogP contribution in [0.25, 0.3) is 0 Å². The highest BCUT2D eigenvalue weighted by Crippen LogP contribution is 2.34. The lowest BCUT2D eigenvalue weighted by Crippen LogP contribution is -2.32. The Morgan fingerprint density at radius 1 is 0.816 bits per heavy atom. The van der Waals surface area contributed by atoms with Crippen LogP contribution in [0.3, 0.4) is 0 Å². The average molecular weight is 512 g/mol. The molecule has 0 aliphatic heterocycles. The van der Waals surface area contributed by atoms with Crippen molar-refractivity contribution in [1.29, 1.82) is 0 Å². The second kappa shape index (κ2) is 13.2. The van der Waals surface area contributed by atoms with Crippen molar-refractivity contribution in [2.24, 2.45) is 5.73 Å². The Labute approximate surface area is 221 Å². The maximum Gasteiger partial charge on any atom is 0.227 e. The summed E-state index contributed by atoms with van der Waals surface area (Å²) in [4.78, 5) is 27.6. The maximum absolute atomic E-state index is 13.9. The van der Waals surface area contributed by atoms with Crippen LogP contribution in [0.15, 0.2) is 103 Å². The third kappa shape index (κ3) is 7.27. The van der Waals surface area contributed by atoms with Gasteiger partial charge in [-0.05, 0) is 41.5 Å². The Hall–Kier alpha value is -4.49. The van der Waals surface area contributed by atoms with Gasteiger partial charge < -0.3 is 20.7 Å². The monoisotopic (exact) mass is 511 g/mol. The first kappa shape index (κ1) is 26.6. The Kier molecular flexibility index (Phi) is 9.21. The zero-order valence-corrected chi connectivity index (χ0v) is 21.0. The summed E-state index contributed by atoms with van der Waals surface area (Å²) in [6.45, 7) is 0.752. The molecule has 0 aliphatic rings. The molecule has 0 fully saturated rings. The molecule has 194 valence electrons. The molecule has 4 aromatic rings. The number of rotatable bonds is 11. The number of ether oxygens (including phenoxy) is 1. The van der Waals surface area contributed by atoms with E-state index in [4.69, 9.17) is 10.5 Å². The minimum atomic E-state index is -0.383. The fourth-order valence-electron chi connectivity index (χ4n) is 3.98. The predicted octanol–water partition coefficient (Wildman–Crippen LogP) is 5.71. The summed E-state index contributed by atoms with van der Waals surface area (Å²) in [6.07, 6.45) is -0.0485. The smallest absolute Gasteiger partial charge is 0.227 e. The molecule has 0 atom stereocenters. The molecule has 0 unspecified atom stereocenters. The summed E-state index contributed by atoms with van der Waals surface area (Å²) in [5.41, 5.74) is 8.62. The normalized spacial score (nSPS) is 10.6. The molecule has 3 N–H and O–H groups in total. The number of carbonyl (C=O) groups is 2. The fourth-order valence-corrected chi connectivity index (χ4v) is 3.98. The van der Waals surface area contributed by atoms with Crippen molar-refractivity contribution in [1.82, 2.24) is 5.32 Å². The van der Waals surface area contributed by atoms with Crippen LogP contribution in [-0.2, 0) is 29.2 Å². The third-order valence-corrected chi connectivity index (χ3v) is 6.00. The minimum Gasteiger partial charge on any atom is -0.455 e. The van der Waals surface area contributed by atoms with Crippen molar-refractivity contribution >= 4 is 17.5 Å². The van der Waals surface area contributed by atoms with Crippen LogP contribution in [0.1, 0.15) is 29.5 Å². The van der Waals surface area contributed by atoms with Crippen molar-refractivity contribution in [2.45, 2.75) is 32.5 Å². The van der Waals surface area contributed by atoms with E-state index in [1.165, 1.54) is 6.07 Å². The van der Waals surface area contributed by atoms with Crippen molar-refractivity contribution in [2.75, 3.05) is 4.90 Å². The van der Waals surface area contributed by atoms with E-state index in [0.29, 0.717) is 35.8 Å². The van der Waals surface area contributed by atoms with Gasteiger partial charge in [-0.15, -0.1) is 0 Å². The molecule has 38 heavy (non-hydrogen) atoms. The number of nitrogens with one attached hydrogen (secondary N) is 1. The number of amides is 2. The van der Waals surface area contributed by atoms with E-state index < -0.39 is 0 Å². The van der Waals surface area contributed by atoms with E-state index in [1.54, 1.807) is 29.2 Å². The molecule has 4 aromatic carbocycles. The van der Waals surface area contributed by atoms with E-state index in [1.807, 2.05) is 72.8 Å². The predicted molar refractivity (Wildman–Crippen MR) is 146 cm³/mol. The maximum atomic E-state index is 13.9. The van der Waals surface area contributed by atoms with Crippen LogP contribution in [0.4, 0.5) is 10.1 Å². The number of nitrogens with two attached hydrogens (primary N) is 1. The van der Waals surface area contributed by atoms with Crippen LogP contribution in [0, 0.1) is 5.82 Å². The van der Waals surface area contributed by atoms with Gasteiger partial charge in [0.1, 0.15) is 11.6 Å². The second-order valence-corrected chi connectivity index (χ2v) is 8.75. The van der Waals surface area contributed by atoms with Gasteiger partial charge in [-0.25, -0.2) is 4.39 Å². The van der Waals surface area contributed by atoms with Gasteiger partial charge in [0.15, 0.2) is 5.75 Å². The molecule has 0 saturated carbocycles. The van der Waals surface area contributed by atoms with Gasteiger partial charge in [-0.2, -0.15) is 0 Å². The van der Waals surface area contributed by atoms with Gasteiger partial charge in [0.05, 0.1) is 12.2 Å². The second-order valence-electron chi connectivity index (χ2n) is 8.75. The zero-order valence-electron chi connectivity index (χ0n) is 21.0. The van der Waals surface area contributed by atoms with Crippen molar-refractivity contribution in [3.8, 4) is 11.5 Å². The molecule has 0 heterocycles. The van der Waals surface area contributed by atoms with Gasteiger partial charge >= 0.3 is 0 Å². The number of nitrogens with zero attached hydrogens (tertiary/aromatic N) is 1. The van der Waals surface area contributed by atoms with Crippen molar-refractivity contribution in [3.05, 3.63) is 126 Å². The highest BCUT2D eigenvalue weighted by atomic mass is 19.1. The van der Waals surface area contributed by atoms with Crippen LogP contribution < -0.4 is 20.7 Å². The van der Waals surface area contributed by atoms with Crippen LogP contribution >= 0.6 is 0 Å². The topological polar surface area (TPSA) is 84.7 Å². The van der Waals surface area contributed by atoms with E-state index in [2.05, 4.69) is 5.32 Å². The van der Waals surface area contributed by atoms with Crippen LogP contribution in [-0.4, -0.2) is 11.8 Å². The van der Waals surface area contributed by atoms with E-state index in [-0.39, 0.29) is 37.0 Å². The van der Waals surface area contributed by atoms with Crippen molar-refractivity contribution in [3.63, 3.8) is 0 Å². The summed E-state index contributed by atoms with van der Waals surface area (Å²) in [6, 6.07) is 30.7. The number of carbonyl (C=O) groups excluding carboxylic acids is 2. The summed E-state index contributed by atoms with van der Waals surface area (Å²) in [5, 5.41) is 2.69. The SMILES string of the molecule is NCc1cccc(Oc2ccccc2N(Cc2ccccc2)C(=O)CCC(=O)NCc2ccccc2F)c1. The molecule has 0 bridgehead atoms.